The first-order valence-electron chi connectivity index (χ1n) is 8.34. The Bertz CT molecular complexity index is 565. The van der Waals surface area contributed by atoms with Crippen LogP contribution in [-0.4, -0.2) is 23.0 Å². The molecule has 0 radical (unpaired) electrons. The fourth-order valence-corrected chi connectivity index (χ4v) is 3.26. The average molecular weight is 295 g/mol. The van der Waals surface area contributed by atoms with Gasteiger partial charge in [-0.05, 0) is 43.5 Å². The molecule has 0 unspecified atom stereocenters. The predicted molar refractivity (Wildman–Crippen MR) is 91.8 cm³/mol. The van der Waals surface area contributed by atoms with Crippen LogP contribution in [0.4, 0.5) is 5.82 Å². The van der Waals surface area contributed by atoms with E-state index in [0.29, 0.717) is 6.04 Å². The van der Waals surface area contributed by atoms with E-state index in [0.717, 1.165) is 18.9 Å². The van der Waals surface area contributed by atoms with Crippen molar-refractivity contribution >= 4 is 5.82 Å². The predicted octanol–water partition coefficient (Wildman–Crippen LogP) is 4.24. The molecule has 1 N–H and O–H groups in total. The molecule has 1 aliphatic rings. The summed E-state index contributed by atoms with van der Waals surface area (Å²) < 4.78 is 0. The van der Waals surface area contributed by atoms with Gasteiger partial charge in [0.15, 0.2) is 0 Å². The van der Waals surface area contributed by atoms with Crippen LogP contribution in [0.3, 0.4) is 0 Å². The minimum Gasteiger partial charge on any atom is -0.370 e. The summed E-state index contributed by atoms with van der Waals surface area (Å²) in [6, 6.07) is 15.6. The third kappa shape index (κ3) is 3.66. The van der Waals surface area contributed by atoms with E-state index in [2.05, 4.69) is 64.6 Å². The Morgan fingerprint density at radius 2 is 2.00 bits per heavy atom. The van der Waals surface area contributed by atoms with E-state index in [1.807, 2.05) is 6.20 Å². The van der Waals surface area contributed by atoms with Crippen molar-refractivity contribution in [1.82, 2.24) is 9.88 Å². The van der Waals surface area contributed by atoms with Crippen LogP contribution in [0.2, 0.25) is 0 Å². The van der Waals surface area contributed by atoms with Crippen LogP contribution in [0, 0.1) is 0 Å². The zero-order chi connectivity index (χ0) is 15.2. The molecule has 3 nitrogen and oxygen atoms in total. The Kier molecular flexibility index (Phi) is 5.07. The Labute approximate surface area is 133 Å². The Balaban J connectivity index is 1.74. The van der Waals surface area contributed by atoms with Crippen molar-refractivity contribution in [3.63, 3.8) is 0 Å². The Hall–Kier alpha value is -1.87. The highest BCUT2D eigenvalue weighted by Crippen LogP contribution is 2.32. The van der Waals surface area contributed by atoms with Crippen LogP contribution in [-0.2, 0) is 6.54 Å². The van der Waals surface area contributed by atoms with Crippen LogP contribution in [0.1, 0.15) is 43.4 Å². The summed E-state index contributed by atoms with van der Waals surface area (Å²) in [5.41, 5.74) is 2.74. The highest BCUT2D eigenvalue weighted by molar-refractivity contribution is 5.36. The molecule has 116 valence electrons. The van der Waals surface area contributed by atoms with Gasteiger partial charge < -0.3 is 5.32 Å². The monoisotopic (exact) mass is 295 g/mol. The van der Waals surface area contributed by atoms with E-state index in [4.69, 9.17) is 0 Å². The summed E-state index contributed by atoms with van der Waals surface area (Å²) in [4.78, 5) is 7.15. The standard InChI is InChI=1S/C19H25N3/c1-2-20-19-12-11-17(14-21-19)18-10-6-7-13-22(18)15-16-8-4-3-5-9-16/h3-5,8-9,11-12,14,18H,2,6-7,10,13,15H2,1H3,(H,20,21)/t18-/m1/s1. The number of likely N-dealkylation sites (tertiary alicyclic amines) is 1. The summed E-state index contributed by atoms with van der Waals surface area (Å²) >= 11 is 0. The molecule has 0 amide bonds. The second kappa shape index (κ2) is 7.41. The zero-order valence-electron chi connectivity index (χ0n) is 13.3. The van der Waals surface area contributed by atoms with E-state index in [1.165, 1.54) is 36.9 Å². The number of nitrogens with one attached hydrogen (secondary N) is 1. The van der Waals surface area contributed by atoms with Gasteiger partial charge in [-0.3, -0.25) is 4.90 Å². The first-order chi connectivity index (χ1) is 10.9. The summed E-state index contributed by atoms with van der Waals surface area (Å²) in [5.74, 6) is 0.969. The van der Waals surface area contributed by atoms with Gasteiger partial charge in [0.2, 0.25) is 0 Å². The van der Waals surface area contributed by atoms with E-state index in [-0.39, 0.29) is 0 Å². The fourth-order valence-electron chi connectivity index (χ4n) is 3.26. The molecule has 1 aromatic heterocycles. The summed E-state index contributed by atoms with van der Waals surface area (Å²) in [6.45, 7) is 5.21. The minimum absolute atomic E-state index is 0.497. The zero-order valence-corrected chi connectivity index (χ0v) is 13.3. The van der Waals surface area contributed by atoms with Crippen molar-refractivity contribution in [2.24, 2.45) is 0 Å². The molecule has 1 saturated heterocycles. The molecule has 0 aliphatic carbocycles. The molecule has 1 atom stereocenters. The van der Waals surface area contributed by atoms with Crippen molar-refractivity contribution in [1.29, 1.82) is 0 Å². The second-order valence-corrected chi connectivity index (χ2v) is 5.97. The van der Waals surface area contributed by atoms with Crippen LogP contribution in [0.5, 0.6) is 0 Å². The van der Waals surface area contributed by atoms with Crippen LogP contribution in [0.25, 0.3) is 0 Å². The van der Waals surface area contributed by atoms with Crippen molar-refractivity contribution in [2.75, 3.05) is 18.4 Å². The number of nitrogens with zero attached hydrogens (tertiary/aromatic N) is 2. The van der Waals surface area contributed by atoms with Gasteiger partial charge in [-0.25, -0.2) is 4.98 Å². The lowest BCUT2D eigenvalue weighted by Gasteiger charge is -2.36. The van der Waals surface area contributed by atoms with Crippen LogP contribution < -0.4 is 5.32 Å². The molecule has 1 fully saturated rings. The summed E-state index contributed by atoms with van der Waals surface area (Å²) in [5, 5.41) is 3.26. The number of anilines is 1. The number of pyridine rings is 1. The molecule has 3 heteroatoms. The molecule has 3 rings (SSSR count). The molecule has 2 aromatic rings. The van der Waals surface area contributed by atoms with Gasteiger partial charge in [0.25, 0.3) is 0 Å². The lowest BCUT2D eigenvalue weighted by Crippen LogP contribution is -2.33. The first-order valence-corrected chi connectivity index (χ1v) is 8.34. The van der Waals surface area contributed by atoms with Crippen LogP contribution >= 0.6 is 0 Å². The molecular formula is C19H25N3. The van der Waals surface area contributed by atoms with E-state index in [1.54, 1.807) is 0 Å². The largest absolute Gasteiger partial charge is 0.370 e. The molecule has 1 aliphatic heterocycles. The van der Waals surface area contributed by atoms with Gasteiger partial charge in [-0.1, -0.05) is 42.8 Å². The molecule has 0 saturated carbocycles. The van der Waals surface area contributed by atoms with Crippen molar-refractivity contribution in [2.45, 2.75) is 38.8 Å². The lowest BCUT2D eigenvalue weighted by atomic mass is 9.95. The lowest BCUT2D eigenvalue weighted by molar-refractivity contribution is 0.140. The van der Waals surface area contributed by atoms with E-state index < -0.39 is 0 Å². The SMILES string of the molecule is CCNc1ccc([C@H]2CCCCN2Cc2ccccc2)cn1. The number of aromatic nitrogens is 1. The van der Waals surface area contributed by atoms with Gasteiger partial charge in [0, 0.05) is 25.3 Å². The van der Waals surface area contributed by atoms with Gasteiger partial charge in [-0.2, -0.15) is 0 Å². The van der Waals surface area contributed by atoms with Gasteiger partial charge in [0.05, 0.1) is 0 Å². The van der Waals surface area contributed by atoms with E-state index >= 15 is 0 Å². The van der Waals surface area contributed by atoms with Crippen LogP contribution in [0.15, 0.2) is 48.7 Å². The number of hydrogen-bond acceptors (Lipinski definition) is 3. The van der Waals surface area contributed by atoms with Crippen molar-refractivity contribution in [3.05, 3.63) is 59.8 Å². The topological polar surface area (TPSA) is 28.2 Å². The first kappa shape index (κ1) is 15.0. The molecular weight excluding hydrogens is 270 g/mol. The van der Waals surface area contributed by atoms with Crippen molar-refractivity contribution < 1.29 is 0 Å². The van der Waals surface area contributed by atoms with Gasteiger partial charge >= 0.3 is 0 Å². The maximum Gasteiger partial charge on any atom is 0.125 e. The number of piperidine rings is 1. The molecule has 0 spiro atoms. The summed E-state index contributed by atoms with van der Waals surface area (Å²) in [6.07, 6.45) is 5.89. The molecule has 0 bridgehead atoms. The van der Waals surface area contributed by atoms with Gasteiger partial charge in [-0.15, -0.1) is 0 Å². The maximum atomic E-state index is 4.55. The third-order valence-corrected chi connectivity index (χ3v) is 4.37. The number of benzene rings is 1. The van der Waals surface area contributed by atoms with Gasteiger partial charge in [0.1, 0.15) is 5.82 Å². The molecule has 22 heavy (non-hydrogen) atoms. The Morgan fingerprint density at radius 1 is 1.14 bits per heavy atom. The highest BCUT2D eigenvalue weighted by atomic mass is 15.2. The average Bonchev–Trinajstić information content (AvgIpc) is 2.58. The minimum atomic E-state index is 0.497. The molecule has 1 aromatic carbocycles. The smallest absolute Gasteiger partial charge is 0.125 e. The fraction of sp³-hybridized carbons (Fsp3) is 0.421. The Morgan fingerprint density at radius 3 is 2.73 bits per heavy atom. The number of hydrogen-bond donors (Lipinski definition) is 1. The quantitative estimate of drug-likeness (QED) is 0.894. The third-order valence-electron chi connectivity index (χ3n) is 4.37. The second-order valence-electron chi connectivity index (χ2n) is 5.97. The van der Waals surface area contributed by atoms with E-state index in [9.17, 15) is 0 Å². The summed E-state index contributed by atoms with van der Waals surface area (Å²) in [7, 11) is 0. The normalized spacial score (nSPS) is 19.0. The highest BCUT2D eigenvalue weighted by Gasteiger charge is 2.24. The molecule has 2 heterocycles. The number of rotatable bonds is 5. The van der Waals surface area contributed by atoms with Crippen molar-refractivity contribution in [3.8, 4) is 0 Å². The maximum absolute atomic E-state index is 4.55.